The fourth-order valence-corrected chi connectivity index (χ4v) is 1.95. The van der Waals surface area contributed by atoms with Crippen molar-refractivity contribution in [3.63, 3.8) is 0 Å². The number of H-pyrrole nitrogens is 1. The lowest BCUT2D eigenvalue weighted by atomic mass is 10.1. The van der Waals surface area contributed by atoms with E-state index in [1.165, 1.54) is 6.07 Å². The number of amides is 1. The number of hydrogen-bond acceptors (Lipinski definition) is 5. The molecule has 0 saturated heterocycles. The summed E-state index contributed by atoms with van der Waals surface area (Å²) < 4.78 is 4.75. The topological polar surface area (TPSA) is 101 Å². The van der Waals surface area contributed by atoms with Gasteiger partial charge in [0.1, 0.15) is 0 Å². The molecule has 1 aromatic heterocycles. The molecule has 0 bridgehead atoms. The van der Waals surface area contributed by atoms with Gasteiger partial charge in [-0.25, -0.2) is 5.10 Å². The number of aryl methyl sites for hydroxylation is 1. The Labute approximate surface area is 132 Å². The summed E-state index contributed by atoms with van der Waals surface area (Å²) >= 11 is 0. The second-order valence-electron chi connectivity index (χ2n) is 4.90. The van der Waals surface area contributed by atoms with Gasteiger partial charge in [0.15, 0.2) is 6.61 Å². The van der Waals surface area contributed by atoms with Crippen molar-refractivity contribution in [2.75, 3.05) is 11.9 Å². The first-order valence-corrected chi connectivity index (χ1v) is 7.12. The molecule has 0 aliphatic carbocycles. The molecular formula is C16H17N3O4. The van der Waals surface area contributed by atoms with Crippen LogP contribution in [0.1, 0.15) is 18.9 Å². The van der Waals surface area contributed by atoms with E-state index in [0.29, 0.717) is 11.4 Å². The lowest BCUT2D eigenvalue weighted by Gasteiger charge is -2.08. The van der Waals surface area contributed by atoms with Crippen LogP contribution in [0.2, 0.25) is 0 Å². The molecule has 23 heavy (non-hydrogen) atoms. The number of hydrogen-bond donors (Lipinski definition) is 2. The van der Waals surface area contributed by atoms with Crippen molar-refractivity contribution in [3.05, 3.63) is 46.2 Å². The number of rotatable bonds is 5. The van der Waals surface area contributed by atoms with Crippen LogP contribution >= 0.6 is 0 Å². The largest absolute Gasteiger partial charge is 0.456 e. The second kappa shape index (κ2) is 7.35. The lowest BCUT2D eigenvalue weighted by Crippen LogP contribution is -2.20. The molecule has 1 heterocycles. The summed E-state index contributed by atoms with van der Waals surface area (Å²) in [7, 11) is 0. The van der Waals surface area contributed by atoms with Crippen LogP contribution in [0.3, 0.4) is 0 Å². The molecule has 0 fully saturated rings. The van der Waals surface area contributed by atoms with Gasteiger partial charge in [0.2, 0.25) is 0 Å². The van der Waals surface area contributed by atoms with E-state index < -0.39 is 11.9 Å². The minimum atomic E-state index is -0.421. The third kappa shape index (κ3) is 4.50. The van der Waals surface area contributed by atoms with Crippen molar-refractivity contribution in [1.29, 1.82) is 0 Å². The number of ether oxygens (including phenoxy) is 1. The molecule has 7 heteroatoms. The van der Waals surface area contributed by atoms with Gasteiger partial charge in [0, 0.05) is 23.7 Å². The normalized spacial score (nSPS) is 10.2. The first kappa shape index (κ1) is 16.4. The summed E-state index contributed by atoms with van der Waals surface area (Å²) in [5.41, 5.74) is 2.57. The van der Waals surface area contributed by atoms with Crippen LogP contribution in [0.4, 0.5) is 5.69 Å². The standard InChI is InChI=1S/C16H17N3O4/c1-3-15(22)23-9-14(21)17-12-6-4-11(5-7-12)16-10(2)8-13(20)18-19-16/h4-8H,3,9H2,1-2H3,(H,17,21)(H,18,20). The molecule has 1 amide bonds. The molecular weight excluding hydrogens is 298 g/mol. The Morgan fingerprint density at radius 1 is 1.26 bits per heavy atom. The van der Waals surface area contributed by atoms with Crippen molar-refractivity contribution in [1.82, 2.24) is 10.2 Å². The molecule has 1 aromatic carbocycles. The molecule has 0 atom stereocenters. The monoisotopic (exact) mass is 315 g/mol. The molecule has 0 saturated carbocycles. The van der Waals surface area contributed by atoms with Crippen LogP contribution in [0, 0.1) is 6.92 Å². The zero-order valence-corrected chi connectivity index (χ0v) is 12.9. The number of anilines is 1. The van der Waals surface area contributed by atoms with E-state index >= 15 is 0 Å². The minimum absolute atomic E-state index is 0.230. The summed E-state index contributed by atoms with van der Waals surface area (Å²) in [5, 5.41) is 9.04. The minimum Gasteiger partial charge on any atom is -0.456 e. The highest BCUT2D eigenvalue weighted by molar-refractivity contribution is 5.93. The highest BCUT2D eigenvalue weighted by atomic mass is 16.5. The molecule has 0 radical (unpaired) electrons. The number of benzene rings is 1. The smallest absolute Gasteiger partial charge is 0.306 e. The third-order valence-corrected chi connectivity index (χ3v) is 3.09. The quantitative estimate of drug-likeness (QED) is 0.817. The van der Waals surface area contributed by atoms with E-state index in [-0.39, 0.29) is 18.6 Å². The first-order valence-electron chi connectivity index (χ1n) is 7.12. The number of carbonyl (C=O) groups is 2. The van der Waals surface area contributed by atoms with Gasteiger partial charge in [0.25, 0.3) is 11.5 Å². The van der Waals surface area contributed by atoms with E-state index in [2.05, 4.69) is 15.5 Å². The molecule has 0 aliphatic heterocycles. The fraction of sp³-hybridized carbons (Fsp3) is 0.250. The average molecular weight is 315 g/mol. The van der Waals surface area contributed by atoms with E-state index in [9.17, 15) is 14.4 Å². The van der Waals surface area contributed by atoms with Gasteiger partial charge in [-0.2, -0.15) is 5.10 Å². The summed E-state index contributed by atoms with van der Waals surface area (Å²) in [6.45, 7) is 3.15. The number of nitrogens with one attached hydrogen (secondary N) is 2. The number of esters is 1. The van der Waals surface area contributed by atoms with E-state index in [0.717, 1.165) is 11.1 Å². The Balaban J connectivity index is 2.03. The Morgan fingerprint density at radius 2 is 1.96 bits per heavy atom. The highest BCUT2D eigenvalue weighted by Gasteiger charge is 2.08. The average Bonchev–Trinajstić information content (AvgIpc) is 2.53. The van der Waals surface area contributed by atoms with Crippen LogP contribution < -0.4 is 10.9 Å². The summed E-state index contributed by atoms with van der Waals surface area (Å²) in [6.07, 6.45) is 0.230. The maximum absolute atomic E-state index is 11.6. The van der Waals surface area contributed by atoms with Crippen molar-refractivity contribution >= 4 is 17.6 Å². The van der Waals surface area contributed by atoms with Gasteiger partial charge in [0.05, 0.1) is 5.69 Å². The predicted octanol–water partition coefficient (Wildman–Crippen LogP) is 1.64. The lowest BCUT2D eigenvalue weighted by molar-refractivity contribution is -0.146. The third-order valence-electron chi connectivity index (χ3n) is 3.09. The molecule has 0 spiro atoms. The van der Waals surface area contributed by atoms with Crippen LogP contribution in [0.25, 0.3) is 11.3 Å². The number of aromatic amines is 1. The maximum Gasteiger partial charge on any atom is 0.306 e. The zero-order chi connectivity index (χ0) is 16.8. The molecule has 2 N–H and O–H groups in total. The highest BCUT2D eigenvalue weighted by Crippen LogP contribution is 2.21. The van der Waals surface area contributed by atoms with E-state index in [1.807, 2.05) is 0 Å². The maximum atomic E-state index is 11.6. The van der Waals surface area contributed by atoms with Gasteiger partial charge in [-0.15, -0.1) is 0 Å². The van der Waals surface area contributed by atoms with Crippen molar-refractivity contribution in [3.8, 4) is 11.3 Å². The summed E-state index contributed by atoms with van der Waals surface area (Å²) in [4.78, 5) is 33.8. The number of aromatic nitrogens is 2. The Hall–Kier alpha value is -2.96. The van der Waals surface area contributed by atoms with Crippen molar-refractivity contribution in [2.24, 2.45) is 0 Å². The van der Waals surface area contributed by atoms with Crippen LogP contribution in [-0.2, 0) is 14.3 Å². The fourth-order valence-electron chi connectivity index (χ4n) is 1.95. The van der Waals surface area contributed by atoms with Gasteiger partial charge >= 0.3 is 5.97 Å². The molecule has 0 unspecified atom stereocenters. The molecule has 0 aliphatic rings. The van der Waals surface area contributed by atoms with Gasteiger partial charge in [-0.1, -0.05) is 19.1 Å². The molecule has 2 aromatic rings. The van der Waals surface area contributed by atoms with Crippen LogP contribution in [0.5, 0.6) is 0 Å². The van der Waals surface area contributed by atoms with E-state index in [1.54, 1.807) is 38.1 Å². The van der Waals surface area contributed by atoms with Gasteiger partial charge in [-0.05, 0) is 24.6 Å². The molecule has 2 rings (SSSR count). The van der Waals surface area contributed by atoms with Crippen LogP contribution in [0.15, 0.2) is 35.1 Å². The Morgan fingerprint density at radius 3 is 2.57 bits per heavy atom. The first-order chi connectivity index (χ1) is 11.0. The second-order valence-corrected chi connectivity index (χ2v) is 4.90. The molecule has 120 valence electrons. The van der Waals surface area contributed by atoms with Crippen LogP contribution in [-0.4, -0.2) is 28.7 Å². The number of carbonyl (C=O) groups excluding carboxylic acids is 2. The zero-order valence-electron chi connectivity index (χ0n) is 12.9. The van der Waals surface area contributed by atoms with Gasteiger partial charge < -0.3 is 10.1 Å². The predicted molar refractivity (Wildman–Crippen MR) is 84.9 cm³/mol. The summed E-state index contributed by atoms with van der Waals surface area (Å²) in [5.74, 6) is -0.826. The number of nitrogens with zero attached hydrogens (tertiary/aromatic N) is 1. The van der Waals surface area contributed by atoms with Crippen molar-refractivity contribution < 1.29 is 14.3 Å². The Bertz CT molecular complexity index is 766. The van der Waals surface area contributed by atoms with Crippen molar-refractivity contribution in [2.45, 2.75) is 20.3 Å². The summed E-state index contributed by atoms with van der Waals surface area (Å²) in [6, 6.07) is 8.45. The SMILES string of the molecule is CCC(=O)OCC(=O)Nc1ccc(-c2n[nH]c(=O)cc2C)cc1. The van der Waals surface area contributed by atoms with Gasteiger partial charge in [-0.3, -0.25) is 14.4 Å². The van der Waals surface area contributed by atoms with E-state index in [4.69, 9.17) is 4.74 Å². The Kier molecular flexibility index (Phi) is 5.24. The molecule has 7 nitrogen and oxygen atoms in total.